The summed E-state index contributed by atoms with van der Waals surface area (Å²) in [6.07, 6.45) is 0. The molecule has 586 valence electrons. The molecule has 100 heavy (non-hydrogen) atoms. The van der Waals surface area contributed by atoms with E-state index in [1.165, 1.54) is 28.0 Å². The van der Waals surface area contributed by atoms with Gasteiger partial charge in [-0.2, -0.15) is 0 Å². The summed E-state index contributed by atoms with van der Waals surface area (Å²) in [7, 11) is 13.1. The van der Waals surface area contributed by atoms with E-state index in [0.29, 0.717) is 11.1 Å². The first kappa shape index (κ1) is 151. The molecule has 0 radical (unpaired) electrons. The molecule has 3 amide bonds. The number of hydrogen-bond acceptors (Lipinski definition) is 8. The first-order valence-corrected chi connectivity index (χ1v) is 32.6. The summed E-state index contributed by atoms with van der Waals surface area (Å²) in [5, 5.41) is 5.14. The number of ether oxygens (including phenoxy) is 3. The molecule has 0 aliphatic carbocycles. The van der Waals surface area contributed by atoms with Crippen LogP contribution in [-0.2, 0) is 23.8 Å². The van der Waals surface area contributed by atoms with E-state index >= 15 is 0 Å². The Morgan fingerprint density at radius 1 is 0.310 bits per heavy atom. The summed E-state index contributed by atoms with van der Waals surface area (Å²) in [5.41, 5.74) is 1.01. The number of nitrogens with zero attached hydrogens (tertiary/aromatic N) is 1. The van der Waals surface area contributed by atoms with E-state index in [1.54, 1.807) is 52.6 Å². The minimum absolute atomic E-state index is 0. The number of rotatable bonds is 1. The monoisotopic (exact) mass is 1400 g/mol. The van der Waals surface area contributed by atoms with Gasteiger partial charge in [-0.05, 0) is 33.2 Å². The van der Waals surface area contributed by atoms with Gasteiger partial charge < -0.3 is 24.8 Å². The van der Waals surface area contributed by atoms with Crippen molar-refractivity contribution in [1.29, 1.82) is 0 Å². The number of fused-ring (bicyclic) bond motifs is 1. The zero-order valence-electron chi connectivity index (χ0n) is 63.6. The second-order valence-corrected chi connectivity index (χ2v) is 13.8. The molecule has 1 aliphatic rings. The third-order valence-electron chi connectivity index (χ3n) is 7.59. The van der Waals surface area contributed by atoms with Crippen LogP contribution in [0, 0.1) is 0 Å². The fourth-order valence-electron chi connectivity index (χ4n) is 4.00. The first-order chi connectivity index (χ1) is 45.0. The molecule has 8 aromatic rings. The molecule has 1 heterocycles. The molecule has 0 saturated heterocycles. The van der Waals surface area contributed by atoms with Crippen molar-refractivity contribution in [3.63, 3.8) is 0 Å². The number of carbonyl (C=O) groups is 4. The van der Waals surface area contributed by atoms with E-state index in [0.717, 1.165) is 11.5 Å². The Labute approximate surface area is 627 Å². The molecule has 0 bridgehead atoms. The Kier molecular flexibility index (Phi) is 263. The van der Waals surface area contributed by atoms with E-state index in [-0.39, 0.29) is 83.1 Å². The number of amides is 3. The van der Waals surface area contributed by atoms with Crippen molar-refractivity contribution in [1.82, 2.24) is 15.5 Å². The van der Waals surface area contributed by atoms with Crippen molar-refractivity contribution in [2.45, 2.75) is 205 Å². The van der Waals surface area contributed by atoms with Crippen LogP contribution in [0.15, 0.2) is 279 Å². The first-order valence-electron chi connectivity index (χ1n) is 32.6. The number of hydrogen-bond donors (Lipinski definition) is 2. The largest absolute Gasteiger partial charge is 0.469 e. The van der Waals surface area contributed by atoms with Gasteiger partial charge in [0.1, 0.15) is 0 Å². The summed E-state index contributed by atoms with van der Waals surface area (Å²) in [6.45, 7) is 41.6. The van der Waals surface area contributed by atoms with Crippen LogP contribution in [-0.4, -0.2) is 91.8 Å². The molecule has 0 spiro atoms. The quantitative estimate of drug-likeness (QED) is 0.123. The van der Waals surface area contributed by atoms with Crippen LogP contribution >= 0.6 is 0 Å². The van der Waals surface area contributed by atoms with E-state index in [2.05, 4.69) is 24.8 Å². The summed E-state index contributed by atoms with van der Waals surface area (Å²) >= 11 is 0. The molecule has 9 rings (SSSR count). The maximum absolute atomic E-state index is 11.3. The van der Waals surface area contributed by atoms with Crippen LogP contribution in [0.25, 0.3) is 0 Å². The molecule has 8 aromatic carbocycles. The van der Waals surface area contributed by atoms with Crippen molar-refractivity contribution in [2.75, 3.05) is 63.2 Å². The lowest BCUT2D eigenvalue weighted by atomic mass is 10.1. The zero-order chi connectivity index (χ0) is 73.8. The van der Waals surface area contributed by atoms with Crippen LogP contribution in [0.2, 0.25) is 0 Å². The summed E-state index contributed by atoms with van der Waals surface area (Å²) in [5.74, 6) is -0.666. The van der Waals surface area contributed by atoms with Gasteiger partial charge in [0.05, 0.1) is 18.2 Å². The molecule has 2 N–H and O–H groups in total. The van der Waals surface area contributed by atoms with Gasteiger partial charge >= 0.3 is 5.97 Å². The Bertz CT molecular complexity index is 1720. The van der Waals surface area contributed by atoms with Gasteiger partial charge in [0.2, 0.25) is 5.91 Å². The molecule has 10 nitrogen and oxygen atoms in total. The van der Waals surface area contributed by atoms with Crippen molar-refractivity contribution in [2.24, 2.45) is 0 Å². The summed E-state index contributed by atoms with van der Waals surface area (Å²) in [4.78, 5) is 43.0. The second-order valence-electron chi connectivity index (χ2n) is 13.8. The van der Waals surface area contributed by atoms with Crippen molar-refractivity contribution >= 4 is 23.7 Å². The smallest absolute Gasteiger partial charge is 0.302 e. The highest BCUT2D eigenvalue weighted by atomic mass is 16.5. The fourth-order valence-corrected chi connectivity index (χ4v) is 4.00. The van der Waals surface area contributed by atoms with E-state index < -0.39 is 0 Å². The Hall–Kier alpha value is -8.28. The van der Waals surface area contributed by atoms with Crippen molar-refractivity contribution in [3.8, 4) is 0 Å². The van der Waals surface area contributed by atoms with Gasteiger partial charge in [-0.3, -0.25) is 24.1 Å². The molecule has 0 aromatic heterocycles. The number of nitrogens with one attached hydrogen (secondary N) is 2. The molecule has 10 heteroatoms. The van der Waals surface area contributed by atoms with Gasteiger partial charge in [-0.15, -0.1) is 0 Å². The predicted molar refractivity (Wildman–Crippen MR) is 467 cm³/mol. The highest BCUT2D eigenvalue weighted by Gasteiger charge is 2.31. The molecular formula is C90H169N3O7. The standard InChI is InChI=1S/C9H7NO2.7C6H6.C3H7NO.C3H6O2.C3H8O.C2H7N.C2H6O.9C2H6.8CH4/c1-10-8(11)6-4-2-3-5-7(6)9(10)12;7*1-2-4-6-5-3-1;1-3(5)4-2;1-3(4)5-2;1-3-4-2;2*1-3-2;9*1-2;;;;;;;;/h2-5H,1H3;7*1-6H;1-2H3,(H,4,5);1-2H3;3H2,1-2H3;3H,1-2H3;1-2H3;9*1-2H3;8*1H4. The van der Waals surface area contributed by atoms with Gasteiger partial charge in [-0.25, -0.2) is 0 Å². The summed E-state index contributed by atoms with van der Waals surface area (Å²) < 4.78 is 12.9. The SMILES string of the molecule is C.C.C.C.C.C.C.C.CC.CC.CC.CC.CC.CC.CC.CC.CC.CCOC.CN1C(=O)c2ccccc2C1=O.CNC.CNC(C)=O.COC.COC(C)=O.c1ccccc1.c1ccccc1.c1ccccc1.c1ccccc1.c1ccccc1.c1ccccc1.c1ccccc1. The molecule has 0 fully saturated rings. The third-order valence-corrected chi connectivity index (χ3v) is 7.59. The number of imide groups is 1. The van der Waals surface area contributed by atoms with Gasteiger partial charge in [0.25, 0.3) is 11.8 Å². The highest BCUT2D eigenvalue weighted by Crippen LogP contribution is 2.20. The molecular weight excluding hydrogens is 1240 g/mol. The number of benzene rings is 8. The van der Waals surface area contributed by atoms with Crippen LogP contribution < -0.4 is 10.6 Å². The van der Waals surface area contributed by atoms with Crippen LogP contribution in [0.3, 0.4) is 0 Å². The fraction of sp³-hybridized carbons (Fsp3) is 0.422. The normalized spacial score (nSPS) is 7.07. The van der Waals surface area contributed by atoms with Crippen LogP contribution in [0.4, 0.5) is 0 Å². The Balaban J connectivity index is -0.0000000351. The second kappa shape index (κ2) is 174. The van der Waals surface area contributed by atoms with Crippen LogP contribution in [0.1, 0.15) is 226 Å². The van der Waals surface area contributed by atoms with E-state index in [9.17, 15) is 19.2 Å². The maximum Gasteiger partial charge on any atom is 0.302 e. The molecule has 0 saturated carbocycles. The topological polar surface area (TPSA) is 123 Å². The maximum atomic E-state index is 11.3. The van der Waals surface area contributed by atoms with E-state index in [1.807, 2.05) is 400 Å². The third kappa shape index (κ3) is 164. The number of methoxy groups -OCH3 is 3. The Morgan fingerprint density at radius 3 is 0.460 bits per heavy atom. The average Bonchev–Trinajstić information content (AvgIpc) is 1.66. The van der Waals surface area contributed by atoms with Gasteiger partial charge in [-0.1, -0.05) is 451 Å². The number of esters is 1. The zero-order valence-corrected chi connectivity index (χ0v) is 63.6. The molecule has 0 atom stereocenters. The minimum Gasteiger partial charge on any atom is -0.469 e. The molecule has 1 aliphatic heterocycles. The lowest BCUT2D eigenvalue weighted by molar-refractivity contribution is -0.138. The lowest BCUT2D eigenvalue weighted by Gasteiger charge is -2.02. The van der Waals surface area contributed by atoms with E-state index in [4.69, 9.17) is 0 Å². The van der Waals surface area contributed by atoms with Crippen molar-refractivity contribution < 1.29 is 33.4 Å². The van der Waals surface area contributed by atoms with Crippen LogP contribution in [0.5, 0.6) is 0 Å². The van der Waals surface area contributed by atoms with Gasteiger partial charge in [0, 0.05) is 55.9 Å². The Morgan fingerprint density at radius 2 is 0.400 bits per heavy atom. The van der Waals surface area contributed by atoms with Crippen molar-refractivity contribution in [3.05, 3.63) is 290 Å². The average molecular weight is 1410 g/mol. The lowest BCUT2D eigenvalue weighted by Crippen LogP contribution is -2.24. The van der Waals surface area contributed by atoms with Gasteiger partial charge in [0.15, 0.2) is 0 Å². The molecule has 0 unspecified atom stereocenters. The number of carbonyl (C=O) groups excluding carboxylic acids is 4. The predicted octanol–water partition coefficient (Wildman–Crippen LogP) is 27.7. The minimum atomic E-state index is -0.245. The highest BCUT2D eigenvalue weighted by molar-refractivity contribution is 6.21. The summed E-state index contributed by atoms with van der Waals surface area (Å²) in [6, 6.07) is 90.8.